The molecule has 0 radical (unpaired) electrons. The van der Waals surface area contributed by atoms with E-state index in [2.05, 4.69) is 0 Å². The zero-order valence-corrected chi connectivity index (χ0v) is 5.86. The van der Waals surface area contributed by atoms with Gasteiger partial charge in [0.2, 0.25) is 0 Å². The van der Waals surface area contributed by atoms with Crippen LogP contribution in [0.2, 0.25) is 0 Å². The van der Waals surface area contributed by atoms with Crippen LogP contribution in [0.1, 0.15) is 6.42 Å². The Balaban J connectivity index is 2.93. The third kappa shape index (κ3) is 1.93. The topological polar surface area (TPSA) is 69.2 Å². The van der Waals surface area contributed by atoms with Crippen LogP contribution in [0.15, 0.2) is 35.7 Å². The van der Waals surface area contributed by atoms with Crippen LogP contribution in [-0.2, 0) is 0 Å². The van der Waals surface area contributed by atoms with Crippen LogP contribution < -0.4 is 5.73 Å². The summed E-state index contributed by atoms with van der Waals surface area (Å²) in [4.78, 5) is 9.80. The lowest BCUT2D eigenvalue weighted by Gasteiger charge is -1.89. The van der Waals surface area contributed by atoms with Crippen molar-refractivity contribution in [1.82, 2.24) is 0 Å². The highest BCUT2D eigenvalue weighted by atomic mass is 16.6. The van der Waals surface area contributed by atoms with E-state index >= 15 is 0 Å². The minimum atomic E-state index is -0.456. The van der Waals surface area contributed by atoms with Gasteiger partial charge in [-0.1, -0.05) is 12.2 Å². The molecule has 0 aliphatic heterocycles. The van der Waals surface area contributed by atoms with Crippen molar-refractivity contribution in [3.05, 3.63) is 45.8 Å². The molecule has 2 N–H and O–H groups in total. The molecule has 0 saturated carbocycles. The molecule has 0 aromatic rings. The van der Waals surface area contributed by atoms with Gasteiger partial charge in [-0.2, -0.15) is 0 Å². The third-order valence-corrected chi connectivity index (χ3v) is 1.30. The van der Waals surface area contributed by atoms with Crippen LogP contribution in [0.3, 0.4) is 0 Å². The standard InChI is InChI=1S/C7H8N2O2/c8-6-3-1-2-4-7(5-6)9(10)11/h2-5H,1,8H2. The van der Waals surface area contributed by atoms with Crippen LogP contribution in [0.25, 0.3) is 0 Å². The zero-order valence-electron chi connectivity index (χ0n) is 5.86. The van der Waals surface area contributed by atoms with E-state index in [-0.39, 0.29) is 5.70 Å². The summed E-state index contributed by atoms with van der Waals surface area (Å²) in [6, 6.07) is 0. The summed E-state index contributed by atoms with van der Waals surface area (Å²) in [5.41, 5.74) is 5.89. The van der Waals surface area contributed by atoms with Crippen molar-refractivity contribution in [3.8, 4) is 0 Å². The van der Waals surface area contributed by atoms with Gasteiger partial charge in [0.25, 0.3) is 5.70 Å². The molecule has 4 nitrogen and oxygen atoms in total. The fourth-order valence-corrected chi connectivity index (χ4v) is 0.784. The molecule has 1 aliphatic carbocycles. The number of allylic oxidation sites excluding steroid dienone is 4. The third-order valence-electron chi connectivity index (χ3n) is 1.30. The van der Waals surface area contributed by atoms with E-state index in [0.29, 0.717) is 12.1 Å². The Morgan fingerprint density at radius 2 is 2.36 bits per heavy atom. The van der Waals surface area contributed by atoms with Crippen LogP contribution in [0.4, 0.5) is 0 Å². The predicted molar refractivity (Wildman–Crippen MR) is 41.1 cm³/mol. The second kappa shape index (κ2) is 3.01. The maximum Gasteiger partial charge on any atom is 0.271 e. The van der Waals surface area contributed by atoms with E-state index in [0.717, 1.165) is 0 Å². The summed E-state index contributed by atoms with van der Waals surface area (Å²) in [5, 5.41) is 10.3. The molecule has 0 aromatic heterocycles. The van der Waals surface area contributed by atoms with Crippen LogP contribution in [0, 0.1) is 10.1 Å². The van der Waals surface area contributed by atoms with Gasteiger partial charge in [-0.25, -0.2) is 0 Å². The first-order chi connectivity index (χ1) is 5.20. The highest BCUT2D eigenvalue weighted by Crippen LogP contribution is 2.07. The van der Waals surface area contributed by atoms with Crippen molar-refractivity contribution in [2.24, 2.45) is 5.73 Å². The molecule has 0 aromatic carbocycles. The molecule has 0 atom stereocenters. The molecule has 4 heteroatoms. The summed E-state index contributed by atoms with van der Waals surface area (Å²) in [6.07, 6.45) is 6.89. The molecule has 0 unspecified atom stereocenters. The van der Waals surface area contributed by atoms with Gasteiger partial charge >= 0.3 is 0 Å². The molecular formula is C7H8N2O2. The Morgan fingerprint density at radius 1 is 1.64 bits per heavy atom. The first kappa shape index (κ1) is 7.53. The molecule has 0 saturated heterocycles. The summed E-state index contributed by atoms with van der Waals surface area (Å²) in [7, 11) is 0. The maximum absolute atomic E-state index is 10.3. The SMILES string of the molecule is NC1=CCC=CC([N+](=O)[O-])=C1. The van der Waals surface area contributed by atoms with Crippen LogP contribution in [0.5, 0.6) is 0 Å². The molecule has 0 amide bonds. The average molecular weight is 152 g/mol. The van der Waals surface area contributed by atoms with Gasteiger partial charge in [0.15, 0.2) is 0 Å². The second-order valence-corrected chi connectivity index (χ2v) is 2.17. The Kier molecular flexibility index (Phi) is 2.06. The monoisotopic (exact) mass is 152 g/mol. The maximum atomic E-state index is 10.3. The largest absolute Gasteiger partial charge is 0.399 e. The first-order valence-corrected chi connectivity index (χ1v) is 3.18. The lowest BCUT2D eigenvalue weighted by Crippen LogP contribution is -1.99. The van der Waals surface area contributed by atoms with Crippen LogP contribution in [-0.4, -0.2) is 4.92 Å². The van der Waals surface area contributed by atoms with Crippen molar-refractivity contribution >= 4 is 0 Å². The van der Waals surface area contributed by atoms with E-state index in [1.807, 2.05) is 0 Å². The van der Waals surface area contributed by atoms with Crippen LogP contribution >= 0.6 is 0 Å². The van der Waals surface area contributed by atoms with Gasteiger partial charge in [0, 0.05) is 17.8 Å². The Morgan fingerprint density at radius 3 is 3.00 bits per heavy atom. The molecule has 0 bridgehead atoms. The number of hydrogen-bond donors (Lipinski definition) is 1. The molecule has 1 rings (SSSR count). The second-order valence-electron chi connectivity index (χ2n) is 2.17. The first-order valence-electron chi connectivity index (χ1n) is 3.18. The fourth-order valence-electron chi connectivity index (χ4n) is 0.784. The molecule has 0 heterocycles. The van der Waals surface area contributed by atoms with Crippen molar-refractivity contribution in [2.45, 2.75) is 6.42 Å². The highest BCUT2D eigenvalue weighted by Gasteiger charge is 2.06. The van der Waals surface area contributed by atoms with Crippen molar-refractivity contribution < 1.29 is 4.92 Å². The summed E-state index contributed by atoms with van der Waals surface area (Å²) < 4.78 is 0. The minimum absolute atomic E-state index is 0.0382. The Bertz CT molecular complexity index is 264. The molecule has 11 heavy (non-hydrogen) atoms. The van der Waals surface area contributed by atoms with Crippen molar-refractivity contribution in [1.29, 1.82) is 0 Å². The van der Waals surface area contributed by atoms with Gasteiger partial charge in [-0.15, -0.1) is 0 Å². The lowest BCUT2D eigenvalue weighted by molar-refractivity contribution is -0.419. The highest BCUT2D eigenvalue weighted by molar-refractivity contribution is 5.27. The van der Waals surface area contributed by atoms with E-state index in [1.165, 1.54) is 12.2 Å². The fraction of sp³-hybridized carbons (Fsp3) is 0.143. The van der Waals surface area contributed by atoms with Gasteiger partial charge in [-0.3, -0.25) is 10.1 Å². The number of hydrogen-bond acceptors (Lipinski definition) is 3. The van der Waals surface area contributed by atoms with E-state index in [1.54, 1.807) is 12.2 Å². The Labute approximate surface area is 63.8 Å². The van der Waals surface area contributed by atoms with Gasteiger partial charge in [-0.05, 0) is 6.42 Å². The van der Waals surface area contributed by atoms with Crippen molar-refractivity contribution in [3.63, 3.8) is 0 Å². The average Bonchev–Trinajstić information content (AvgIpc) is 2.13. The molecule has 0 fully saturated rings. The van der Waals surface area contributed by atoms with E-state index in [4.69, 9.17) is 5.73 Å². The summed E-state index contributed by atoms with van der Waals surface area (Å²) in [5.74, 6) is 0. The molecule has 1 aliphatic rings. The van der Waals surface area contributed by atoms with E-state index in [9.17, 15) is 10.1 Å². The van der Waals surface area contributed by atoms with Crippen molar-refractivity contribution in [2.75, 3.05) is 0 Å². The number of rotatable bonds is 1. The smallest absolute Gasteiger partial charge is 0.271 e. The minimum Gasteiger partial charge on any atom is -0.399 e. The number of nitrogens with zero attached hydrogens (tertiary/aromatic N) is 1. The Hall–Kier alpha value is -1.58. The quantitative estimate of drug-likeness (QED) is 0.449. The summed E-state index contributed by atoms with van der Waals surface area (Å²) in [6.45, 7) is 0. The van der Waals surface area contributed by atoms with E-state index < -0.39 is 4.92 Å². The molecule has 58 valence electrons. The number of nitro groups is 1. The predicted octanol–water partition coefficient (Wildman–Crippen LogP) is 0.950. The zero-order chi connectivity index (χ0) is 8.27. The summed E-state index contributed by atoms with van der Waals surface area (Å²) >= 11 is 0. The lowest BCUT2D eigenvalue weighted by atomic mass is 10.3. The normalized spacial score (nSPS) is 16.7. The molecule has 0 spiro atoms. The van der Waals surface area contributed by atoms with Gasteiger partial charge in [0.05, 0.1) is 4.92 Å². The van der Waals surface area contributed by atoms with Gasteiger partial charge in [0.1, 0.15) is 0 Å². The number of nitrogens with two attached hydrogens (primary N) is 1. The molecular weight excluding hydrogens is 144 g/mol. The van der Waals surface area contributed by atoms with Gasteiger partial charge < -0.3 is 5.73 Å².